The number of H-pyrrole nitrogens is 1. The zero-order chi connectivity index (χ0) is 20.2. The van der Waals surface area contributed by atoms with Crippen LogP contribution in [0.5, 0.6) is 0 Å². The van der Waals surface area contributed by atoms with Crippen molar-refractivity contribution in [3.8, 4) is 0 Å². The molecule has 1 N–H and O–H groups in total. The number of hydrogen-bond donors (Lipinski definition) is 1. The van der Waals surface area contributed by atoms with Gasteiger partial charge in [-0.05, 0) is 30.7 Å². The molecule has 4 rings (SSSR count). The molecule has 3 aromatic rings. The molecule has 0 unspecified atom stereocenters. The molecule has 6 nitrogen and oxygen atoms in total. The number of nitrogens with zero attached hydrogens (tertiary/aromatic N) is 3. The number of thiophene rings is 1. The minimum Gasteiger partial charge on any atom is -0.340 e. The van der Waals surface area contributed by atoms with Crippen LogP contribution in [0, 0.1) is 0 Å². The maximum absolute atomic E-state index is 12.5. The predicted molar refractivity (Wildman–Crippen MR) is 116 cm³/mol. The summed E-state index contributed by atoms with van der Waals surface area (Å²) in [5.41, 5.74) is 0.570. The summed E-state index contributed by atoms with van der Waals surface area (Å²) < 4.78 is 0.816. The van der Waals surface area contributed by atoms with Crippen LogP contribution in [0.4, 0.5) is 0 Å². The molecule has 1 aliphatic heterocycles. The highest BCUT2D eigenvalue weighted by Gasteiger charge is 2.21. The Morgan fingerprint density at radius 1 is 1.14 bits per heavy atom. The van der Waals surface area contributed by atoms with Crippen LogP contribution in [0.3, 0.4) is 0 Å². The number of halogens is 1. The molecule has 0 aliphatic carbocycles. The van der Waals surface area contributed by atoms with Crippen LogP contribution in [0.15, 0.2) is 41.2 Å². The lowest BCUT2D eigenvalue weighted by atomic mass is 10.2. The summed E-state index contributed by atoms with van der Waals surface area (Å²) in [5.74, 6) is 0.813. The third-order valence-electron chi connectivity index (χ3n) is 5.20. The van der Waals surface area contributed by atoms with Crippen molar-refractivity contribution in [1.82, 2.24) is 19.8 Å². The number of aryl methyl sites for hydroxylation is 1. The lowest BCUT2D eigenvalue weighted by Crippen LogP contribution is -2.48. The van der Waals surface area contributed by atoms with E-state index in [0.29, 0.717) is 36.0 Å². The number of amides is 1. The molecule has 8 heteroatoms. The van der Waals surface area contributed by atoms with E-state index in [-0.39, 0.29) is 11.5 Å². The van der Waals surface area contributed by atoms with Crippen molar-refractivity contribution in [2.45, 2.75) is 25.8 Å². The van der Waals surface area contributed by atoms with E-state index in [2.05, 4.69) is 20.9 Å². The molecule has 1 aliphatic rings. The average molecular weight is 431 g/mol. The maximum atomic E-state index is 12.5. The van der Waals surface area contributed by atoms with Crippen molar-refractivity contribution in [3.63, 3.8) is 0 Å². The van der Waals surface area contributed by atoms with Gasteiger partial charge in [-0.15, -0.1) is 11.3 Å². The molecule has 0 spiro atoms. The Labute approximate surface area is 178 Å². The Kier molecular flexibility index (Phi) is 6.28. The number of nitrogens with one attached hydrogen (secondary N) is 1. The number of hydrogen-bond acceptors (Lipinski definition) is 5. The summed E-state index contributed by atoms with van der Waals surface area (Å²) in [5, 5.41) is 0.593. The Hall–Kier alpha value is -2.22. The van der Waals surface area contributed by atoms with Gasteiger partial charge in [0, 0.05) is 50.4 Å². The van der Waals surface area contributed by atoms with Crippen molar-refractivity contribution >= 4 is 39.7 Å². The summed E-state index contributed by atoms with van der Waals surface area (Å²) in [7, 11) is 0. The Bertz CT molecular complexity index is 1060. The van der Waals surface area contributed by atoms with E-state index < -0.39 is 0 Å². The quantitative estimate of drug-likeness (QED) is 0.651. The van der Waals surface area contributed by atoms with Gasteiger partial charge in [0.2, 0.25) is 5.91 Å². The summed E-state index contributed by atoms with van der Waals surface area (Å²) in [6.07, 6.45) is 1.73. The van der Waals surface area contributed by atoms with Crippen LogP contribution in [-0.2, 0) is 17.8 Å². The van der Waals surface area contributed by atoms with Crippen molar-refractivity contribution in [1.29, 1.82) is 0 Å². The zero-order valence-electron chi connectivity index (χ0n) is 16.1. The summed E-state index contributed by atoms with van der Waals surface area (Å²) in [6, 6.07) is 11.3. The van der Waals surface area contributed by atoms with Crippen LogP contribution in [0.1, 0.15) is 23.5 Å². The van der Waals surface area contributed by atoms with E-state index in [1.807, 2.05) is 29.2 Å². The molecule has 0 atom stereocenters. The smallest absolute Gasteiger partial charge is 0.258 e. The lowest BCUT2D eigenvalue weighted by molar-refractivity contribution is -0.133. The second-order valence-electron chi connectivity index (χ2n) is 7.25. The first-order chi connectivity index (χ1) is 14.1. The fourth-order valence-corrected chi connectivity index (χ4v) is 4.76. The summed E-state index contributed by atoms with van der Waals surface area (Å²) in [6.45, 7) is 4.15. The Morgan fingerprint density at radius 3 is 2.69 bits per heavy atom. The van der Waals surface area contributed by atoms with E-state index in [1.165, 1.54) is 4.88 Å². The molecule has 29 heavy (non-hydrogen) atoms. The fraction of sp³-hybridized carbons (Fsp3) is 0.381. The van der Waals surface area contributed by atoms with Gasteiger partial charge in [0.05, 0.1) is 15.2 Å². The summed E-state index contributed by atoms with van der Waals surface area (Å²) in [4.78, 5) is 37.5. The Balaban J connectivity index is 1.24. The monoisotopic (exact) mass is 430 g/mol. The number of aromatic nitrogens is 2. The summed E-state index contributed by atoms with van der Waals surface area (Å²) >= 11 is 7.61. The highest BCUT2D eigenvalue weighted by Crippen LogP contribution is 2.23. The number of benzene rings is 1. The van der Waals surface area contributed by atoms with Gasteiger partial charge in [-0.25, -0.2) is 4.98 Å². The number of rotatable bonds is 6. The van der Waals surface area contributed by atoms with Gasteiger partial charge in [0.15, 0.2) is 0 Å². The topological polar surface area (TPSA) is 69.3 Å². The van der Waals surface area contributed by atoms with E-state index >= 15 is 0 Å². The van der Waals surface area contributed by atoms with Gasteiger partial charge in [0.1, 0.15) is 5.82 Å². The third-order valence-corrected chi connectivity index (χ3v) is 6.42. The molecular formula is C21H23ClN4O2S. The molecular weight excluding hydrogens is 408 g/mol. The van der Waals surface area contributed by atoms with Crippen molar-refractivity contribution < 1.29 is 4.79 Å². The highest BCUT2D eigenvalue weighted by atomic mass is 35.5. The molecule has 2 aromatic heterocycles. The van der Waals surface area contributed by atoms with Crippen molar-refractivity contribution in [3.05, 3.63) is 61.8 Å². The largest absolute Gasteiger partial charge is 0.340 e. The molecule has 1 saturated heterocycles. The molecule has 0 bridgehead atoms. The van der Waals surface area contributed by atoms with Crippen LogP contribution >= 0.6 is 22.9 Å². The molecule has 1 aromatic carbocycles. The lowest BCUT2D eigenvalue weighted by Gasteiger charge is -2.34. The number of fused-ring (bicyclic) bond motifs is 1. The van der Waals surface area contributed by atoms with Gasteiger partial charge in [-0.2, -0.15) is 0 Å². The molecule has 152 valence electrons. The maximum Gasteiger partial charge on any atom is 0.258 e. The van der Waals surface area contributed by atoms with Crippen LogP contribution in [0.2, 0.25) is 4.34 Å². The van der Waals surface area contributed by atoms with E-state index in [1.54, 1.807) is 17.4 Å². The minimum absolute atomic E-state index is 0.125. The van der Waals surface area contributed by atoms with E-state index in [0.717, 1.165) is 37.1 Å². The second-order valence-corrected chi connectivity index (χ2v) is 9.05. The zero-order valence-corrected chi connectivity index (χ0v) is 17.6. The number of carbonyl (C=O) groups is 1. The molecule has 0 saturated carbocycles. The first-order valence-corrected chi connectivity index (χ1v) is 11.0. The van der Waals surface area contributed by atoms with Gasteiger partial charge in [0.25, 0.3) is 5.56 Å². The minimum atomic E-state index is -0.125. The van der Waals surface area contributed by atoms with Crippen LogP contribution < -0.4 is 5.56 Å². The van der Waals surface area contributed by atoms with Gasteiger partial charge in [-0.1, -0.05) is 23.7 Å². The van der Waals surface area contributed by atoms with Crippen LogP contribution in [-0.4, -0.2) is 51.9 Å². The van der Waals surface area contributed by atoms with E-state index in [4.69, 9.17) is 11.6 Å². The third kappa shape index (κ3) is 5.04. The first kappa shape index (κ1) is 20.1. The van der Waals surface area contributed by atoms with Crippen molar-refractivity contribution in [2.75, 3.05) is 26.2 Å². The number of aromatic amines is 1. The highest BCUT2D eigenvalue weighted by molar-refractivity contribution is 7.16. The SMILES string of the molecule is O=C(CCCc1nc2ccccc2c(=O)[nH]1)N1CCN(Cc2ccc(Cl)s2)CC1. The molecule has 1 fully saturated rings. The average Bonchev–Trinajstić information content (AvgIpc) is 3.13. The fourth-order valence-electron chi connectivity index (χ4n) is 3.63. The van der Waals surface area contributed by atoms with Gasteiger partial charge >= 0.3 is 0 Å². The van der Waals surface area contributed by atoms with Crippen molar-refractivity contribution in [2.24, 2.45) is 0 Å². The number of para-hydroxylation sites is 1. The number of carbonyl (C=O) groups excluding carboxylic acids is 1. The van der Waals surface area contributed by atoms with Crippen LogP contribution in [0.25, 0.3) is 10.9 Å². The molecule has 3 heterocycles. The number of piperazine rings is 1. The first-order valence-electron chi connectivity index (χ1n) is 9.81. The molecule has 0 radical (unpaired) electrons. The predicted octanol–water partition coefficient (Wildman–Crippen LogP) is 3.31. The van der Waals surface area contributed by atoms with E-state index in [9.17, 15) is 9.59 Å². The second kappa shape index (κ2) is 9.07. The molecule has 1 amide bonds. The van der Waals surface area contributed by atoms with Gasteiger partial charge in [-0.3, -0.25) is 14.5 Å². The Morgan fingerprint density at radius 2 is 1.93 bits per heavy atom. The normalized spacial score (nSPS) is 15.1. The van der Waals surface area contributed by atoms with Gasteiger partial charge < -0.3 is 9.88 Å². The standard InChI is InChI=1S/C21H23ClN4O2S/c22-18-9-8-15(29-18)14-25-10-12-26(13-11-25)20(27)7-3-6-19-23-17-5-2-1-4-16(17)21(28)24-19/h1-2,4-5,8-9H,3,6-7,10-14H2,(H,23,24,28).